The van der Waals surface area contributed by atoms with Crippen LogP contribution in [0.1, 0.15) is 40.3 Å². The molecule has 4 unspecified atom stereocenters. The van der Waals surface area contributed by atoms with Gasteiger partial charge in [-0.1, -0.05) is 18.2 Å². The van der Waals surface area contributed by atoms with Crippen molar-refractivity contribution >= 4 is 42.3 Å². The van der Waals surface area contributed by atoms with Crippen LogP contribution < -0.4 is 15.3 Å². The predicted octanol–water partition coefficient (Wildman–Crippen LogP) is 4.35. The first-order valence-electron chi connectivity index (χ1n) is 13.2. The molecule has 13 nitrogen and oxygen atoms in total. The number of anilines is 1. The molecule has 0 radical (unpaired) electrons. The first-order valence-corrected chi connectivity index (χ1v) is 15.1. The summed E-state index contributed by atoms with van der Waals surface area (Å²) in [5.74, 6) is -1.10. The van der Waals surface area contributed by atoms with Crippen molar-refractivity contribution in [1.29, 1.82) is 5.26 Å². The van der Waals surface area contributed by atoms with Gasteiger partial charge in [-0.3, -0.25) is 13.9 Å². The number of hydrogen-bond donors (Lipinski definition) is 2. The molecule has 3 aromatic rings. The van der Waals surface area contributed by atoms with Gasteiger partial charge in [0.15, 0.2) is 23.9 Å². The number of nitrogens with zero attached hydrogens (tertiary/aromatic N) is 5. The van der Waals surface area contributed by atoms with E-state index in [1.165, 1.54) is 17.8 Å². The molecule has 5 rings (SSSR count). The number of fused-ring (bicyclic) bond motifs is 2. The second-order valence-corrected chi connectivity index (χ2v) is 12.7. The molecule has 42 heavy (non-hydrogen) atoms. The number of esters is 1. The molecule has 2 fully saturated rings. The minimum atomic E-state index is -4.23. The van der Waals surface area contributed by atoms with E-state index in [4.69, 9.17) is 35.9 Å². The maximum absolute atomic E-state index is 16.4. The van der Waals surface area contributed by atoms with E-state index in [1.807, 2.05) is 0 Å². The van der Waals surface area contributed by atoms with Crippen molar-refractivity contribution in [2.24, 2.45) is 11.3 Å². The average molecular weight is 622 g/mol. The van der Waals surface area contributed by atoms with E-state index in [0.29, 0.717) is 0 Å². The largest absolute Gasteiger partial charge is 0.462 e. The molecule has 3 N–H and O–H groups in total. The van der Waals surface area contributed by atoms with Crippen LogP contribution in [0.15, 0.2) is 36.7 Å². The molecule has 1 aliphatic heterocycles. The van der Waals surface area contributed by atoms with E-state index in [2.05, 4.69) is 26.1 Å². The zero-order valence-electron chi connectivity index (χ0n) is 23.2. The summed E-state index contributed by atoms with van der Waals surface area (Å²) in [5, 5.41) is 12.1. The van der Waals surface area contributed by atoms with Crippen molar-refractivity contribution < 1.29 is 32.3 Å². The topological polar surface area (TPSA) is 176 Å². The summed E-state index contributed by atoms with van der Waals surface area (Å²) in [6.07, 6.45) is -2.20. The lowest BCUT2D eigenvalue weighted by Crippen LogP contribution is -2.36. The maximum atomic E-state index is 16.4. The number of ether oxygens (including phenoxy) is 2. The van der Waals surface area contributed by atoms with Crippen molar-refractivity contribution in [2.75, 3.05) is 12.3 Å². The summed E-state index contributed by atoms with van der Waals surface area (Å²) >= 11 is 5.97. The number of carbonyl (C=O) groups excluding carboxylic acids is 1. The molecule has 3 heterocycles. The molecule has 224 valence electrons. The zero-order chi connectivity index (χ0) is 30.4. The van der Waals surface area contributed by atoms with Crippen LogP contribution in [-0.2, 0) is 23.4 Å². The predicted molar refractivity (Wildman–Crippen MR) is 149 cm³/mol. The van der Waals surface area contributed by atoms with Crippen molar-refractivity contribution in [2.45, 2.75) is 64.3 Å². The van der Waals surface area contributed by atoms with Crippen molar-refractivity contribution in [3.63, 3.8) is 0 Å². The van der Waals surface area contributed by atoms with Gasteiger partial charge >= 0.3 is 13.7 Å². The van der Waals surface area contributed by atoms with Gasteiger partial charge in [-0.25, -0.2) is 13.9 Å². The smallest absolute Gasteiger partial charge is 0.459 e. The first kappa shape index (κ1) is 30.1. The van der Waals surface area contributed by atoms with Crippen molar-refractivity contribution in [1.82, 2.24) is 24.6 Å². The molecule has 2 aliphatic rings. The molecule has 7 atom stereocenters. The number of benzene rings is 1. The number of aromatic nitrogens is 4. The minimum absolute atomic E-state index is 0.0275. The third-order valence-electron chi connectivity index (χ3n) is 7.74. The number of halogens is 2. The molecule has 0 amide bonds. The van der Waals surface area contributed by atoms with Crippen LogP contribution in [0.5, 0.6) is 5.75 Å². The number of carbonyl (C=O) groups is 1. The normalized spacial score (nSPS) is 28.6. The number of imidazole rings is 1. The molecule has 1 saturated carbocycles. The maximum Gasteiger partial charge on any atom is 0.459 e. The van der Waals surface area contributed by atoms with Crippen LogP contribution in [-0.4, -0.2) is 56.0 Å². The summed E-state index contributed by atoms with van der Waals surface area (Å²) in [4.78, 5) is 24.6. The standard InChI is InChI=1S/C26H30ClFN7O6P/c1-14(2)39-23(36)15(3)34-42(37,41-16-8-6-5-7-9-16)38-12-17-25(4)26(17,10-11-29)19(28)22(40-25)35-13-31-18-20(30)32-24(27)33-21(18)35/h5-9,13-15,17,19,22H,10,12H2,1-4H3,(H,34,37)(H2,30,32,33)/t15-,17-,19?,22+,25?,26?,42?/m0/s1. The second kappa shape index (κ2) is 11.1. The van der Waals surface area contributed by atoms with Gasteiger partial charge in [0.25, 0.3) is 0 Å². The third kappa shape index (κ3) is 5.09. The van der Waals surface area contributed by atoms with Gasteiger partial charge in [0.2, 0.25) is 5.28 Å². The SMILES string of the molecule is CC(C)OC(=O)[C@H](C)NP(=O)(OC[C@H]1C2(C)O[C@@H](n3cnc4c(N)nc(Cl)nc43)C(F)C12CC#N)Oc1ccccc1. The fourth-order valence-corrected chi connectivity index (χ4v) is 7.32. The Hall–Kier alpha value is -3.34. The van der Waals surface area contributed by atoms with Gasteiger partial charge in [-0.2, -0.15) is 20.3 Å². The van der Waals surface area contributed by atoms with E-state index >= 15 is 4.39 Å². The van der Waals surface area contributed by atoms with Gasteiger partial charge < -0.3 is 19.7 Å². The van der Waals surface area contributed by atoms with Crippen LogP contribution in [0, 0.1) is 22.7 Å². The molecule has 1 aliphatic carbocycles. The highest BCUT2D eigenvalue weighted by Crippen LogP contribution is 2.76. The summed E-state index contributed by atoms with van der Waals surface area (Å²) in [7, 11) is -4.23. The lowest BCUT2D eigenvalue weighted by atomic mass is 9.92. The Kier molecular flexibility index (Phi) is 7.93. The molecular weight excluding hydrogens is 592 g/mol. The number of rotatable bonds is 11. The van der Waals surface area contributed by atoms with Crippen molar-refractivity contribution in [3.8, 4) is 11.8 Å². The highest BCUT2D eigenvalue weighted by molar-refractivity contribution is 7.52. The summed E-state index contributed by atoms with van der Waals surface area (Å²) in [6, 6.07) is 9.25. The zero-order valence-corrected chi connectivity index (χ0v) is 24.9. The fourth-order valence-electron chi connectivity index (χ4n) is 5.65. The number of nitrogens with one attached hydrogen (secondary N) is 1. The first-order chi connectivity index (χ1) is 19.8. The summed E-state index contributed by atoms with van der Waals surface area (Å²) in [6.45, 7) is 6.19. The van der Waals surface area contributed by atoms with E-state index in [0.717, 1.165) is 0 Å². The average Bonchev–Trinajstić information content (AvgIpc) is 3.13. The summed E-state index contributed by atoms with van der Waals surface area (Å²) < 4.78 is 54.6. The van der Waals surface area contributed by atoms with Gasteiger partial charge in [0, 0.05) is 12.3 Å². The third-order valence-corrected chi connectivity index (χ3v) is 9.55. The number of alkyl halides is 1. The molecular formula is C26H30ClFN7O6P. The molecule has 0 bridgehead atoms. The monoisotopic (exact) mass is 621 g/mol. The van der Waals surface area contributed by atoms with Crippen LogP contribution in [0.2, 0.25) is 5.28 Å². The highest BCUT2D eigenvalue weighted by atomic mass is 35.5. The molecule has 16 heteroatoms. The molecule has 1 saturated heterocycles. The quantitative estimate of drug-likeness (QED) is 0.176. The van der Waals surface area contributed by atoms with Crippen LogP contribution in [0.3, 0.4) is 0 Å². The number of para-hydroxylation sites is 1. The second-order valence-electron chi connectivity index (χ2n) is 10.7. The Morgan fingerprint density at radius 1 is 1.33 bits per heavy atom. The van der Waals surface area contributed by atoms with Crippen molar-refractivity contribution in [3.05, 3.63) is 41.9 Å². The molecule has 2 aromatic heterocycles. The van der Waals surface area contributed by atoms with Crippen LogP contribution >= 0.6 is 19.3 Å². The molecule has 1 aromatic carbocycles. The number of hydrogen-bond acceptors (Lipinski definition) is 11. The Morgan fingerprint density at radius 2 is 2.05 bits per heavy atom. The van der Waals surface area contributed by atoms with Crippen LogP contribution in [0.25, 0.3) is 11.2 Å². The van der Waals surface area contributed by atoms with Gasteiger partial charge in [-0.15, -0.1) is 0 Å². The van der Waals surface area contributed by atoms with Gasteiger partial charge in [0.05, 0.1) is 36.1 Å². The number of nitrogen functional groups attached to an aromatic ring is 1. The Balaban J connectivity index is 1.38. The minimum Gasteiger partial charge on any atom is -0.462 e. The Labute approximate surface area is 246 Å². The lowest BCUT2D eigenvalue weighted by Gasteiger charge is -2.26. The number of nitrogens with two attached hydrogens (primary N) is 1. The Morgan fingerprint density at radius 3 is 2.71 bits per heavy atom. The van der Waals surface area contributed by atoms with E-state index < -0.39 is 55.2 Å². The van der Waals surface area contributed by atoms with E-state index in [1.54, 1.807) is 51.1 Å². The number of nitriles is 1. The summed E-state index contributed by atoms with van der Waals surface area (Å²) in [5.41, 5.74) is 3.80. The van der Waals surface area contributed by atoms with E-state index in [9.17, 15) is 14.6 Å². The van der Waals surface area contributed by atoms with Gasteiger partial charge in [0.1, 0.15) is 17.3 Å². The van der Waals surface area contributed by atoms with E-state index in [-0.39, 0.29) is 41.0 Å². The Bertz CT molecular complexity index is 1590. The fraction of sp³-hybridized carbons (Fsp3) is 0.500. The highest BCUT2D eigenvalue weighted by Gasteiger charge is 2.85. The molecule has 0 spiro atoms. The van der Waals surface area contributed by atoms with Gasteiger partial charge in [-0.05, 0) is 51.4 Å². The lowest BCUT2D eigenvalue weighted by molar-refractivity contribution is -0.149. The van der Waals surface area contributed by atoms with Crippen LogP contribution in [0.4, 0.5) is 10.2 Å².